The lowest BCUT2D eigenvalue weighted by Gasteiger charge is -2.40. The van der Waals surface area contributed by atoms with Crippen molar-refractivity contribution in [3.05, 3.63) is 21.9 Å². The topological polar surface area (TPSA) is 32.8 Å². The van der Waals surface area contributed by atoms with Crippen molar-refractivity contribution in [2.75, 3.05) is 44.3 Å². The number of piperidine rings is 1. The lowest BCUT2D eigenvalue weighted by molar-refractivity contribution is 0.0635. The lowest BCUT2D eigenvalue weighted by atomic mass is 10.0. The van der Waals surface area contributed by atoms with Crippen molar-refractivity contribution in [2.24, 2.45) is 0 Å². The van der Waals surface area contributed by atoms with Crippen molar-refractivity contribution < 1.29 is 9.53 Å². The molecule has 4 heterocycles. The van der Waals surface area contributed by atoms with Crippen molar-refractivity contribution in [3.8, 4) is 0 Å². The zero-order chi connectivity index (χ0) is 16.4. The standard InChI is InChI=1S/C18H26N2O2S2/c21-18(17-4-3-16(24-17)15-2-1-11-22-15)20-7-5-14(6-8-20)19-9-12-23-13-10-19/h3-4,14-15H,1-2,5-13H2/t15-/m1/s1. The Kier molecular flexibility index (Phi) is 5.46. The quantitative estimate of drug-likeness (QED) is 0.822. The van der Waals surface area contributed by atoms with Gasteiger partial charge in [-0.1, -0.05) is 0 Å². The fourth-order valence-corrected chi connectivity index (χ4v) is 5.97. The largest absolute Gasteiger partial charge is 0.373 e. The molecule has 4 rings (SSSR count). The van der Waals surface area contributed by atoms with E-state index in [0.717, 1.165) is 50.3 Å². The molecule has 3 saturated heterocycles. The van der Waals surface area contributed by atoms with E-state index in [2.05, 4.69) is 27.6 Å². The minimum absolute atomic E-state index is 0.219. The average Bonchev–Trinajstić information content (AvgIpc) is 3.33. The third-order valence-electron chi connectivity index (χ3n) is 5.40. The summed E-state index contributed by atoms with van der Waals surface area (Å²) >= 11 is 3.69. The van der Waals surface area contributed by atoms with E-state index in [1.807, 2.05) is 6.07 Å². The maximum atomic E-state index is 12.8. The number of amides is 1. The van der Waals surface area contributed by atoms with Crippen LogP contribution in [0.2, 0.25) is 0 Å². The van der Waals surface area contributed by atoms with Gasteiger partial charge in [0.15, 0.2) is 0 Å². The number of hydrogen-bond acceptors (Lipinski definition) is 5. The van der Waals surface area contributed by atoms with Crippen molar-refractivity contribution in [2.45, 2.75) is 37.8 Å². The van der Waals surface area contributed by atoms with E-state index in [4.69, 9.17) is 4.74 Å². The number of hydrogen-bond donors (Lipinski definition) is 0. The van der Waals surface area contributed by atoms with Crippen LogP contribution in [0.4, 0.5) is 0 Å². The molecule has 3 aliphatic rings. The van der Waals surface area contributed by atoms with Gasteiger partial charge in [-0.15, -0.1) is 11.3 Å². The third-order valence-corrected chi connectivity index (χ3v) is 7.51. The van der Waals surface area contributed by atoms with Crippen molar-refractivity contribution in [3.63, 3.8) is 0 Å². The summed E-state index contributed by atoms with van der Waals surface area (Å²) in [5.74, 6) is 2.75. The number of likely N-dealkylation sites (tertiary alicyclic amines) is 1. The van der Waals surface area contributed by atoms with Gasteiger partial charge in [0.1, 0.15) is 0 Å². The summed E-state index contributed by atoms with van der Waals surface area (Å²) in [6, 6.07) is 4.77. The molecule has 4 nitrogen and oxygen atoms in total. The second-order valence-electron chi connectivity index (χ2n) is 6.88. The fraction of sp³-hybridized carbons (Fsp3) is 0.722. The number of nitrogens with zero attached hydrogens (tertiary/aromatic N) is 2. The Balaban J connectivity index is 1.32. The summed E-state index contributed by atoms with van der Waals surface area (Å²) in [6.07, 6.45) is 4.70. The first-order valence-corrected chi connectivity index (χ1v) is 11.1. The highest BCUT2D eigenvalue weighted by Gasteiger charge is 2.29. The van der Waals surface area contributed by atoms with Gasteiger partial charge in [-0.3, -0.25) is 9.69 Å². The van der Waals surface area contributed by atoms with Crippen LogP contribution in [0.1, 0.15) is 46.3 Å². The lowest BCUT2D eigenvalue weighted by Crippen LogP contribution is -2.48. The average molecular weight is 367 g/mol. The molecule has 6 heteroatoms. The third kappa shape index (κ3) is 3.66. The van der Waals surface area contributed by atoms with Gasteiger partial charge < -0.3 is 9.64 Å². The van der Waals surface area contributed by atoms with Gasteiger partial charge in [-0.25, -0.2) is 0 Å². The second kappa shape index (κ2) is 7.77. The number of rotatable bonds is 3. The maximum Gasteiger partial charge on any atom is 0.263 e. The molecule has 0 spiro atoms. The highest BCUT2D eigenvalue weighted by molar-refractivity contribution is 7.99. The van der Waals surface area contributed by atoms with Crippen LogP contribution in [0.25, 0.3) is 0 Å². The molecule has 3 aliphatic heterocycles. The molecule has 132 valence electrons. The Bertz CT molecular complexity index is 557. The van der Waals surface area contributed by atoms with E-state index in [-0.39, 0.29) is 12.0 Å². The Labute approximate surface area is 152 Å². The monoisotopic (exact) mass is 366 g/mol. The van der Waals surface area contributed by atoms with E-state index in [0.29, 0.717) is 6.04 Å². The Morgan fingerprint density at radius 1 is 1.08 bits per heavy atom. The van der Waals surface area contributed by atoms with Crippen LogP contribution in [0, 0.1) is 0 Å². The van der Waals surface area contributed by atoms with Gasteiger partial charge in [0.2, 0.25) is 0 Å². The number of thioether (sulfide) groups is 1. The molecule has 0 N–H and O–H groups in total. The van der Waals surface area contributed by atoms with Crippen LogP contribution in [0.3, 0.4) is 0 Å². The SMILES string of the molecule is O=C(c1ccc([C@H]2CCCO2)s1)N1CCC(N2CCSCC2)CC1. The predicted molar refractivity (Wildman–Crippen MR) is 100 cm³/mol. The van der Waals surface area contributed by atoms with Gasteiger partial charge in [-0.2, -0.15) is 11.8 Å². The highest BCUT2D eigenvalue weighted by Crippen LogP contribution is 2.34. The van der Waals surface area contributed by atoms with Gasteiger partial charge in [0.05, 0.1) is 11.0 Å². The Hall–Kier alpha value is -0.560. The molecular formula is C18H26N2O2S2. The number of carbonyl (C=O) groups is 1. The van der Waals surface area contributed by atoms with Crippen molar-refractivity contribution >= 4 is 29.0 Å². The summed E-state index contributed by atoms with van der Waals surface area (Å²) in [4.78, 5) is 19.6. The molecule has 1 amide bonds. The number of thiophene rings is 1. The van der Waals surface area contributed by atoms with E-state index in [9.17, 15) is 4.79 Å². The van der Waals surface area contributed by atoms with E-state index in [1.54, 1.807) is 11.3 Å². The maximum absolute atomic E-state index is 12.8. The normalized spacial score (nSPS) is 26.8. The smallest absolute Gasteiger partial charge is 0.263 e. The minimum atomic E-state index is 0.219. The number of carbonyl (C=O) groups excluding carboxylic acids is 1. The van der Waals surface area contributed by atoms with Gasteiger partial charge in [0.25, 0.3) is 5.91 Å². The summed E-state index contributed by atoms with van der Waals surface area (Å²) in [6.45, 7) is 5.10. The van der Waals surface area contributed by atoms with Crippen molar-refractivity contribution in [1.82, 2.24) is 9.80 Å². The first kappa shape index (κ1) is 16.9. The molecule has 1 aromatic heterocycles. The number of ether oxygens (including phenoxy) is 1. The first-order chi connectivity index (χ1) is 11.8. The van der Waals surface area contributed by atoms with Crippen LogP contribution in [-0.2, 0) is 4.74 Å². The molecule has 1 aromatic rings. The fourth-order valence-electron chi connectivity index (χ4n) is 3.98. The van der Waals surface area contributed by atoms with Crippen LogP contribution in [0.15, 0.2) is 12.1 Å². The van der Waals surface area contributed by atoms with Crippen LogP contribution < -0.4 is 0 Å². The van der Waals surface area contributed by atoms with Crippen LogP contribution in [-0.4, -0.2) is 66.0 Å². The van der Waals surface area contributed by atoms with E-state index in [1.165, 1.54) is 29.5 Å². The summed E-state index contributed by atoms with van der Waals surface area (Å²) in [5, 5.41) is 0. The molecular weight excluding hydrogens is 340 g/mol. The highest BCUT2D eigenvalue weighted by atomic mass is 32.2. The molecule has 0 radical (unpaired) electrons. The van der Waals surface area contributed by atoms with Gasteiger partial charge in [0, 0.05) is 55.2 Å². The minimum Gasteiger partial charge on any atom is -0.373 e. The molecule has 24 heavy (non-hydrogen) atoms. The molecule has 0 unspecified atom stereocenters. The Morgan fingerprint density at radius 3 is 2.58 bits per heavy atom. The molecule has 0 bridgehead atoms. The van der Waals surface area contributed by atoms with E-state index >= 15 is 0 Å². The summed E-state index contributed by atoms with van der Waals surface area (Å²) < 4.78 is 5.74. The predicted octanol–water partition coefficient (Wildman–Crippen LogP) is 3.25. The first-order valence-electron chi connectivity index (χ1n) is 9.13. The second-order valence-corrected chi connectivity index (χ2v) is 9.22. The zero-order valence-corrected chi connectivity index (χ0v) is 15.7. The van der Waals surface area contributed by atoms with E-state index < -0.39 is 0 Å². The summed E-state index contributed by atoms with van der Waals surface area (Å²) in [5.41, 5.74) is 0. The molecule has 0 aliphatic carbocycles. The molecule has 3 fully saturated rings. The van der Waals surface area contributed by atoms with Gasteiger partial charge in [-0.05, 0) is 37.8 Å². The van der Waals surface area contributed by atoms with Crippen LogP contribution in [0.5, 0.6) is 0 Å². The molecule has 0 saturated carbocycles. The van der Waals surface area contributed by atoms with Gasteiger partial charge >= 0.3 is 0 Å². The summed E-state index contributed by atoms with van der Waals surface area (Å²) in [7, 11) is 0. The molecule has 0 aromatic carbocycles. The Morgan fingerprint density at radius 2 is 1.88 bits per heavy atom. The zero-order valence-electron chi connectivity index (χ0n) is 14.1. The van der Waals surface area contributed by atoms with Crippen molar-refractivity contribution in [1.29, 1.82) is 0 Å². The molecule has 1 atom stereocenters. The van der Waals surface area contributed by atoms with Crippen LogP contribution >= 0.6 is 23.1 Å².